The van der Waals surface area contributed by atoms with Crippen molar-refractivity contribution in [3.63, 3.8) is 0 Å². The minimum atomic E-state index is -0.258. The predicted molar refractivity (Wildman–Crippen MR) is 116 cm³/mol. The molecule has 3 aromatic carbocycles. The Balaban J connectivity index is 2.11. The van der Waals surface area contributed by atoms with E-state index in [-0.39, 0.29) is 5.82 Å². The van der Waals surface area contributed by atoms with Crippen LogP contribution < -0.4 is 4.57 Å². The third kappa shape index (κ3) is 1.96. The number of benzene rings is 3. The molecule has 4 heteroatoms. The van der Waals surface area contributed by atoms with Crippen LogP contribution in [-0.4, -0.2) is 9.38 Å². The van der Waals surface area contributed by atoms with Crippen LogP contribution in [0.4, 0.5) is 4.39 Å². The molecule has 0 atom stereocenters. The van der Waals surface area contributed by atoms with E-state index < -0.39 is 0 Å². The van der Waals surface area contributed by atoms with E-state index in [0.717, 1.165) is 27.5 Å². The summed E-state index contributed by atoms with van der Waals surface area (Å²) < 4.78 is 18.9. The molecule has 0 saturated heterocycles. The van der Waals surface area contributed by atoms with Gasteiger partial charge >= 0.3 is 0 Å². The summed E-state index contributed by atoms with van der Waals surface area (Å²) in [5, 5.41) is 4.71. The Morgan fingerprint density at radius 1 is 1.00 bits per heavy atom. The van der Waals surface area contributed by atoms with Gasteiger partial charge in [0, 0.05) is 22.2 Å². The second-order valence-corrected chi connectivity index (χ2v) is 8.41. The standard InChI is InChI=1S/C25H21FN3/c1-13(2)16-6-5-7-19-22(16)17-9-8-14(3)21-24(17)29(19)20-11-15(26)10-18-23(20)25(21)28(4)12-27-18/h5-13H,1-4H3/q+1. The highest BCUT2D eigenvalue weighted by atomic mass is 19.1. The zero-order chi connectivity index (χ0) is 20.0. The van der Waals surface area contributed by atoms with E-state index in [4.69, 9.17) is 0 Å². The van der Waals surface area contributed by atoms with Crippen LogP contribution in [0.2, 0.25) is 0 Å². The third-order valence-electron chi connectivity index (χ3n) is 6.32. The van der Waals surface area contributed by atoms with Crippen molar-refractivity contribution >= 4 is 49.1 Å². The molecule has 6 aromatic rings. The summed E-state index contributed by atoms with van der Waals surface area (Å²) in [5.74, 6) is 0.141. The Kier molecular flexibility index (Phi) is 3.11. The molecule has 0 unspecified atom stereocenters. The highest BCUT2D eigenvalue weighted by molar-refractivity contribution is 6.25. The summed E-state index contributed by atoms with van der Waals surface area (Å²) in [5.41, 5.74) is 7.49. The zero-order valence-corrected chi connectivity index (χ0v) is 16.9. The summed E-state index contributed by atoms with van der Waals surface area (Å²) in [6.07, 6.45) is 1.79. The Bertz CT molecular complexity index is 1610. The van der Waals surface area contributed by atoms with Gasteiger partial charge in [-0.3, -0.25) is 0 Å². The van der Waals surface area contributed by atoms with Gasteiger partial charge in [0.05, 0.1) is 29.0 Å². The fourth-order valence-electron chi connectivity index (χ4n) is 5.10. The number of pyridine rings is 1. The van der Waals surface area contributed by atoms with Gasteiger partial charge in [-0.05, 0) is 41.1 Å². The van der Waals surface area contributed by atoms with Crippen molar-refractivity contribution < 1.29 is 8.96 Å². The van der Waals surface area contributed by atoms with Crippen LogP contribution in [0.25, 0.3) is 49.1 Å². The molecule has 0 saturated carbocycles. The molecule has 0 spiro atoms. The van der Waals surface area contributed by atoms with Crippen LogP contribution in [0.15, 0.2) is 48.8 Å². The second kappa shape index (κ2) is 5.41. The van der Waals surface area contributed by atoms with Crippen molar-refractivity contribution in [3.05, 3.63) is 65.7 Å². The van der Waals surface area contributed by atoms with Crippen molar-refractivity contribution in [1.82, 2.24) is 9.38 Å². The minimum absolute atomic E-state index is 0.258. The fourth-order valence-corrected chi connectivity index (χ4v) is 5.10. The first kappa shape index (κ1) is 16.7. The molecule has 0 radical (unpaired) electrons. The molecule has 0 N–H and O–H groups in total. The van der Waals surface area contributed by atoms with Crippen molar-refractivity contribution in [3.8, 4) is 0 Å². The molecule has 0 bridgehead atoms. The molecule has 0 aliphatic rings. The molecule has 0 aliphatic heterocycles. The molecule has 29 heavy (non-hydrogen) atoms. The smallest absolute Gasteiger partial charge is 0.287 e. The van der Waals surface area contributed by atoms with Crippen LogP contribution in [0.5, 0.6) is 0 Å². The number of halogens is 1. The molecule has 3 aromatic heterocycles. The average Bonchev–Trinajstić information content (AvgIpc) is 3.03. The van der Waals surface area contributed by atoms with Crippen LogP contribution in [0, 0.1) is 12.7 Å². The minimum Gasteiger partial charge on any atom is -0.307 e. The van der Waals surface area contributed by atoms with E-state index in [0.29, 0.717) is 11.4 Å². The number of fused-ring (bicyclic) bond motifs is 5. The van der Waals surface area contributed by atoms with Gasteiger partial charge in [0.25, 0.3) is 6.33 Å². The van der Waals surface area contributed by atoms with Crippen molar-refractivity contribution in [2.45, 2.75) is 26.7 Å². The summed E-state index contributed by atoms with van der Waals surface area (Å²) in [6.45, 7) is 6.61. The lowest BCUT2D eigenvalue weighted by Gasteiger charge is -2.12. The lowest BCUT2D eigenvalue weighted by atomic mass is 9.96. The molecule has 0 fully saturated rings. The van der Waals surface area contributed by atoms with Gasteiger partial charge in [0.2, 0.25) is 0 Å². The van der Waals surface area contributed by atoms with E-state index in [2.05, 4.69) is 65.1 Å². The number of nitrogens with zero attached hydrogens (tertiary/aromatic N) is 3. The number of hydrogen-bond donors (Lipinski definition) is 0. The molecular weight excluding hydrogens is 361 g/mol. The van der Waals surface area contributed by atoms with E-state index in [1.54, 1.807) is 12.4 Å². The van der Waals surface area contributed by atoms with Gasteiger partial charge in [0.1, 0.15) is 11.3 Å². The highest BCUT2D eigenvalue weighted by Gasteiger charge is 2.25. The first-order valence-corrected chi connectivity index (χ1v) is 10.0. The van der Waals surface area contributed by atoms with Crippen molar-refractivity contribution in [2.24, 2.45) is 7.05 Å². The predicted octanol–water partition coefficient (Wildman–Crippen LogP) is 5.78. The van der Waals surface area contributed by atoms with Gasteiger partial charge in [-0.15, -0.1) is 0 Å². The SMILES string of the molecule is Cc1ccc2c3c(C(C)C)cccc3n3c4cc(F)cc5nc[n+](C)c(c1c23)c54. The molecule has 3 nitrogen and oxygen atoms in total. The summed E-state index contributed by atoms with van der Waals surface area (Å²) in [7, 11) is 2.02. The van der Waals surface area contributed by atoms with E-state index in [9.17, 15) is 4.39 Å². The van der Waals surface area contributed by atoms with E-state index >= 15 is 0 Å². The number of hydrogen-bond acceptors (Lipinski definition) is 1. The molecule has 0 amide bonds. The number of aromatic nitrogens is 3. The van der Waals surface area contributed by atoms with Crippen LogP contribution in [-0.2, 0) is 7.05 Å². The maximum Gasteiger partial charge on any atom is 0.287 e. The molecule has 6 rings (SSSR count). The maximum atomic E-state index is 14.6. The van der Waals surface area contributed by atoms with Crippen LogP contribution >= 0.6 is 0 Å². The Hall–Kier alpha value is -3.27. The molecule has 142 valence electrons. The van der Waals surface area contributed by atoms with Gasteiger partial charge in [-0.1, -0.05) is 38.1 Å². The highest BCUT2D eigenvalue weighted by Crippen LogP contribution is 2.42. The lowest BCUT2D eigenvalue weighted by molar-refractivity contribution is -0.646. The van der Waals surface area contributed by atoms with Crippen molar-refractivity contribution in [2.75, 3.05) is 0 Å². The molecule has 0 aliphatic carbocycles. The van der Waals surface area contributed by atoms with Crippen molar-refractivity contribution in [1.29, 1.82) is 0 Å². The first-order chi connectivity index (χ1) is 14.0. The first-order valence-electron chi connectivity index (χ1n) is 10.0. The third-order valence-corrected chi connectivity index (χ3v) is 6.32. The molecule has 3 heterocycles. The van der Waals surface area contributed by atoms with Gasteiger partial charge in [0.15, 0.2) is 5.52 Å². The number of rotatable bonds is 1. The monoisotopic (exact) mass is 382 g/mol. The summed E-state index contributed by atoms with van der Waals surface area (Å²) in [4.78, 5) is 4.53. The second-order valence-electron chi connectivity index (χ2n) is 8.41. The number of aryl methyl sites for hydroxylation is 2. The largest absolute Gasteiger partial charge is 0.307 e. The Labute approximate surface area is 167 Å². The van der Waals surface area contributed by atoms with Gasteiger partial charge in [-0.2, -0.15) is 0 Å². The Morgan fingerprint density at radius 2 is 1.83 bits per heavy atom. The quantitative estimate of drug-likeness (QED) is 0.201. The topological polar surface area (TPSA) is 21.2 Å². The maximum absolute atomic E-state index is 14.6. The lowest BCUT2D eigenvalue weighted by Crippen LogP contribution is -2.30. The van der Waals surface area contributed by atoms with E-state index in [1.807, 2.05) is 7.05 Å². The van der Waals surface area contributed by atoms with E-state index in [1.165, 1.54) is 33.4 Å². The normalized spacial score (nSPS) is 12.6. The fraction of sp³-hybridized carbons (Fsp3) is 0.200. The van der Waals surface area contributed by atoms with Crippen LogP contribution in [0.1, 0.15) is 30.9 Å². The van der Waals surface area contributed by atoms with Crippen LogP contribution in [0.3, 0.4) is 0 Å². The molecular formula is C25H21FN3+. The Morgan fingerprint density at radius 3 is 2.62 bits per heavy atom. The van der Waals surface area contributed by atoms with Gasteiger partial charge in [-0.25, -0.2) is 8.96 Å². The summed E-state index contributed by atoms with van der Waals surface area (Å²) in [6, 6.07) is 14.1. The average molecular weight is 382 g/mol. The summed E-state index contributed by atoms with van der Waals surface area (Å²) >= 11 is 0. The zero-order valence-electron chi connectivity index (χ0n) is 16.9. The van der Waals surface area contributed by atoms with Gasteiger partial charge < -0.3 is 4.40 Å².